The second-order valence-corrected chi connectivity index (χ2v) is 5.69. The van der Waals surface area contributed by atoms with Crippen LogP contribution in [0.3, 0.4) is 0 Å². The van der Waals surface area contributed by atoms with E-state index in [1.54, 1.807) is 0 Å². The molecule has 0 amide bonds. The molecule has 1 N–H and O–H groups in total. The first-order valence-corrected chi connectivity index (χ1v) is 7.04. The fourth-order valence-electron chi connectivity index (χ4n) is 1.89. The highest BCUT2D eigenvalue weighted by Crippen LogP contribution is 2.27. The van der Waals surface area contributed by atoms with Gasteiger partial charge in [-0.25, -0.2) is 0 Å². The second kappa shape index (κ2) is 7.02. The predicted molar refractivity (Wildman–Crippen MR) is 79.6 cm³/mol. The maximum atomic E-state index is 3.66. The van der Waals surface area contributed by atoms with Gasteiger partial charge in [-0.1, -0.05) is 26.8 Å². The molecule has 17 heavy (non-hydrogen) atoms. The molecule has 3 heteroatoms. The molecule has 1 aromatic rings. The number of nitrogens with one attached hydrogen (secondary N) is 1. The molecule has 0 unspecified atom stereocenters. The lowest BCUT2D eigenvalue weighted by Crippen LogP contribution is -2.23. The van der Waals surface area contributed by atoms with Crippen molar-refractivity contribution in [3.63, 3.8) is 0 Å². The fourth-order valence-corrected chi connectivity index (χ4v) is 2.61. The highest BCUT2D eigenvalue weighted by atomic mass is 79.9. The summed E-state index contributed by atoms with van der Waals surface area (Å²) in [6, 6.07) is 6.59. The summed E-state index contributed by atoms with van der Waals surface area (Å²) >= 11 is 3.66. The van der Waals surface area contributed by atoms with Crippen molar-refractivity contribution >= 4 is 21.6 Å². The lowest BCUT2D eigenvalue weighted by atomic mass is 10.1. The molecular formula is C14H23BrN2. The average molecular weight is 299 g/mol. The van der Waals surface area contributed by atoms with Gasteiger partial charge in [0.2, 0.25) is 0 Å². The number of hydrogen-bond donors (Lipinski definition) is 1. The van der Waals surface area contributed by atoms with Crippen molar-refractivity contribution in [3.8, 4) is 0 Å². The molecule has 96 valence electrons. The first-order chi connectivity index (χ1) is 8.04. The first kappa shape index (κ1) is 14.5. The van der Waals surface area contributed by atoms with E-state index in [-0.39, 0.29) is 0 Å². The van der Waals surface area contributed by atoms with Gasteiger partial charge in [0.05, 0.1) is 5.69 Å². The quantitative estimate of drug-likeness (QED) is 0.862. The monoisotopic (exact) mass is 298 g/mol. The summed E-state index contributed by atoms with van der Waals surface area (Å²) in [4.78, 5) is 2.30. The van der Waals surface area contributed by atoms with Gasteiger partial charge >= 0.3 is 0 Å². The maximum absolute atomic E-state index is 3.66. The van der Waals surface area contributed by atoms with E-state index in [1.165, 1.54) is 15.7 Å². The molecule has 0 saturated carbocycles. The minimum absolute atomic E-state index is 0.674. The van der Waals surface area contributed by atoms with Crippen molar-refractivity contribution in [1.29, 1.82) is 0 Å². The van der Waals surface area contributed by atoms with Gasteiger partial charge in [-0.05, 0) is 46.1 Å². The minimum atomic E-state index is 0.674. The van der Waals surface area contributed by atoms with Gasteiger partial charge in [0.25, 0.3) is 0 Å². The minimum Gasteiger partial charge on any atom is -0.373 e. The standard InChI is InChI=1S/C14H23BrN2/c1-5-16-9-12-6-7-14(13(15)8-12)17(4)10-11(2)3/h6-8,11,16H,5,9-10H2,1-4H3. The largest absolute Gasteiger partial charge is 0.373 e. The van der Waals surface area contributed by atoms with Gasteiger partial charge in [-0.3, -0.25) is 0 Å². The number of anilines is 1. The number of halogens is 1. The molecule has 0 heterocycles. The SMILES string of the molecule is CCNCc1ccc(N(C)CC(C)C)c(Br)c1. The van der Waals surface area contributed by atoms with Crippen LogP contribution in [0.15, 0.2) is 22.7 Å². The summed E-state index contributed by atoms with van der Waals surface area (Å²) in [7, 11) is 2.14. The van der Waals surface area contributed by atoms with Crippen molar-refractivity contribution < 1.29 is 0 Å². The topological polar surface area (TPSA) is 15.3 Å². The molecule has 0 aliphatic heterocycles. The van der Waals surface area contributed by atoms with E-state index in [0.717, 1.165) is 19.6 Å². The Morgan fingerprint density at radius 3 is 2.59 bits per heavy atom. The van der Waals surface area contributed by atoms with Crippen LogP contribution in [-0.2, 0) is 6.54 Å². The summed E-state index contributed by atoms with van der Waals surface area (Å²) in [5, 5.41) is 3.34. The molecule has 0 aliphatic rings. The van der Waals surface area contributed by atoms with Crippen LogP contribution in [-0.4, -0.2) is 20.1 Å². The lowest BCUT2D eigenvalue weighted by molar-refractivity contribution is 0.638. The van der Waals surface area contributed by atoms with Crippen molar-refractivity contribution in [1.82, 2.24) is 5.32 Å². The average Bonchev–Trinajstić information content (AvgIpc) is 2.25. The van der Waals surface area contributed by atoms with E-state index in [1.807, 2.05) is 0 Å². The molecule has 1 aromatic carbocycles. The third-order valence-corrected chi connectivity index (χ3v) is 3.28. The summed E-state index contributed by atoms with van der Waals surface area (Å²) in [6.07, 6.45) is 0. The van der Waals surface area contributed by atoms with Gasteiger partial charge in [-0.2, -0.15) is 0 Å². The van der Waals surface area contributed by atoms with E-state index in [9.17, 15) is 0 Å². The highest BCUT2D eigenvalue weighted by Gasteiger charge is 2.07. The number of nitrogens with zero attached hydrogens (tertiary/aromatic N) is 1. The van der Waals surface area contributed by atoms with Crippen molar-refractivity contribution in [2.75, 3.05) is 25.0 Å². The number of hydrogen-bond acceptors (Lipinski definition) is 2. The molecule has 0 atom stereocenters. The van der Waals surface area contributed by atoms with Crippen molar-refractivity contribution in [2.45, 2.75) is 27.3 Å². The molecule has 0 bridgehead atoms. The smallest absolute Gasteiger partial charge is 0.0508 e. The molecular weight excluding hydrogens is 276 g/mol. The molecule has 0 fully saturated rings. The Morgan fingerprint density at radius 2 is 2.06 bits per heavy atom. The number of benzene rings is 1. The molecule has 0 aromatic heterocycles. The molecule has 1 rings (SSSR count). The Morgan fingerprint density at radius 1 is 1.35 bits per heavy atom. The van der Waals surface area contributed by atoms with E-state index in [0.29, 0.717) is 5.92 Å². The Kier molecular flexibility index (Phi) is 6.00. The first-order valence-electron chi connectivity index (χ1n) is 6.24. The Balaban J connectivity index is 2.74. The zero-order chi connectivity index (χ0) is 12.8. The second-order valence-electron chi connectivity index (χ2n) is 4.84. The molecule has 0 saturated heterocycles. The van der Waals surface area contributed by atoms with Crippen LogP contribution < -0.4 is 10.2 Å². The van der Waals surface area contributed by atoms with E-state index < -0.39 is 0 Å². The zero-order valence-electron chi connectivity index (χ0n) is 11.3. The van der Waals surface area contributed by atoms with Crippen LogP contribution in [0.4, 0.5) is 5.69 Å². The zero-order valence-corrected chi connectivity index (χ0v) is 12.8. The van der Waals surface area contributed by atoms with Gasteiger partial charge in [0.15, 0.2) is 0 Å². The predicted octanol–water partition coefficient (Wildman–Crippen LogP) is 3.65. The van der Waals surface area contributed by atoms with Crippen LogP contribution in [0.1, 0.15) is 26.3 Å². The van der Waals surface area contributed by atoms with Crippen molar-refractivity contribution in [2.24, 2.45) is 5.92 Å². The van der Waals surface area contributed by atoms with Crippen LogP contribution >= 0.6 is 15.9 Å². The Labute approximate surface area is 114 Å². The highest BCUT2D eigenvalue weighted by molar-refractivity contribution is 9.10. The Hall–Kier alpha value is -0.540. The fraction of sp³-hybridized carbons (Fsp3) is 0.571. The van der Waals surface area contributed by atoms with Gasteiger partial charge in [0.1, 0.15) is 0 Å². The summed E-state index contributed by atoms with van der Waals surface area (Å²) < 4.78 is 1.18. The third kappa shape index (κ3) is 4.68. The normalized spacial score (nSPS) is 10.9. The van der Waals surface area contributed by atoms with E-state index >= 15 is 0 Å². The number of rotatable bonds is 6. The van der Waals surface area contributed by atoms with Crippen LogP contribution in [0.5, 0.6) is 0 Å². The Bertz CT molecular complexity index is 350. The molecule has 0 radical (unpaired) electrons. The maximum Gasteiger partial charge on any atom is 0.0508 e. The third-order valence-electron chi connectivity index (χ3n) is 2.64. The lowest BCUT2D eigenvalue weighted by Gasteiger charge is -2.23. The van der Waals surface area contributed by atoms with Crippen LogP contribution in [0.2, 0.25) is 0 Å². The molecule has 2 nitrogen and oxygen atoms in total. The molecule has 0 spiro atoms. The van der Waals surface area contributed by atoms with Gasteiger partial charge in [-0.15, -0.1) is 0 Å². The van der Waals surface area contributed by atoms with Gasteiger partial charge < -0.3 is 10.2 Å². The van der Waals surface area contributed by atoms with Gasteiger partial charge in [0, 0.05) is 24.6 Å². The van der Waals surface area contributed by atoms with E-state index in [4.69, 9.17) is 0 Å². The summed E-state index contributed by atoms with van der Waals surface area (Å²) in [5.74, 6) is 0.674. The van der Waals surface area contributed by atoms with Crippen LogP contribution in [0, 0.1) is 5.92 Å². The molecule has 0 aliphatic carbocycles. The van der Waals surface area contributed by atoms with Crippen LogP contribution in [0.25, 0.3) is 0 Å². The summed E-state index contributed by atoms with van der Waals surface area (Å²) in [6.45, 7) is 9.62. The van der Waals surface area contributed by atoms with E-state index in [2.05, 4.69) is 72.2 Å². The van der Waals surface area contributed by atoms with Crippen molar-refractivity contribution in [3.05, 3.63) is 28.2 Å². The summed E-state index contributed by atoms with van der Waals surface area (Å²) in [5.41, 5.74) is 2.58.